The molecule has 124 valence electrons. The van der Waals surface area contributed by atoms with Crippen LogP contribution in [-0.2, 0) is 4.74 Å². The van der Waals surface area contributed by atoms with Gasteiger partial charge in [0.1, 0.15) is 5.60 Å². The third kappa shape index (κ3) is 6.43. The topological polar surface area (TPSA) is 76.4 Å². The van der Waals surface area contributed by atoms with Gasteiger partial charge in [-0.2, -0.15) is 0 Å². The molecular weight excluding hydrogens is 302 g/mol. The Bertz CT molecular complexity index is 525. The molecule has 0 spiro atoms. The van der Waals surface area contributed by atoms with Crippen molar-refractivity contribution in [2.75, 3.05) is 22.9 Å². The first-order valence-electron chi connectivity index (χ1n) is 7.41. The van der Waals surface area contributed by atoms with E-state index >= 15 is 0 Å². The van der Waals surface area contributed by atoms with Gasteiger partial charge in [0.25, 0.3) is 0 Å². The molecule has 0 atom stereocenters. The second-order valence-electron chi connectivity index (χ2n) is 6.66. The van der Waals surface area contributed by atoms with Gasteiger partial charge in [0.05, 0.1) is 22.1 Å². The number of benzene rings is 1. The maximum atomic E-state index is 11.8. The van der Waals surface area contributed by atoms with E-state index in [2.05, 4.69) is 24.5 Å². The third-order valence-electron chi connectivity index (χ3n) is 2.81. The SMILES string of the molecule is CC(C)CCNc1cc(NC(=O)OC(C)(C)C)c(N)cc1Cl. The van der Waals surface area contributed by atoms with Crippen LogP contribution < -0.4 is 16.4 Å². The number of hydrogen-bond acceptors (Lipinski definition) is 4. The lowest BCUT2D eigenvalue weighted by molar-refractivity contribution is 0.0636. The molecule has 6 heteroatoms. The lowest BCUT2D eigenvalue weighted by Gasteiger charge is -2.20. The number of anilines is 3. The predicted molar refractivity (Wildman–Crippen MR) is 93.7 cm³/mol. The van der Waals surface area contributed by atoms with Gasteiger partial charge >= 0.3 is 6.09 Å². The lowest BCUT2D eigenvalue weighted by Crippen LogP contribution is -2.27. The lowest BCUT2D eigenvalue weighted by atomic mass is 10.1. The number of halogens is 1. The first-order valence-corrected chi connectivity index (χ1v) is 7.79. The summed E-state index contributed by atoms with van der Waals surface area (Å²) in [5.41, 5.74) is 6.94. The highest BCUT2D eigenvalue weighted by Gasteiger charge is 2.17. The first kappa shape index (κ1) is 18.4. The molecule has 0 aliphatic rings. The maximum absolute atomic E-state index is 11.8. The zero-order valence-corrected chi connectivity index (χ0v) is 14.7. The zero-order valence-electron chi connectivity index (χ0n) is 13.9. The van der Waals surface area contributed by atoms with Crippen molar-refractivity contribution in [2.24, 2.45) is 5.92 Å². The Morgan fingerprint density at radius 2 is 1.95 bits per heavy atom. The summed E-state index contributed by atoms with van der Waals surface area (Å²) < 4.78 is 5.22. The molecular formula is C16H26ClN3O2. The molecule has 0 saturated carbocycles. The van der Waals surface area contributed by atoms with Crippen molar-refractivity contribution in [3.63, 3.8) is 0 Å². The molecule has 4 N–H and O–H groups in total. The predicted octanol–water partition coefficient (Wildman–Crippen LogP) is 4.73. The number of nitrogen functional groups attached to an aromatic ring is 1. The molecule has 0 unspecified atom stereocenters. The standard InChI is InChI=1S/C16H26ClN3O2/c1-10(2)6-7-19-13-9-14(12(18)8-11(13)17)20-15(21)22-16(3,4)5/h8-10,19H,6-7,18H2,1-5H3,(H,20,21). The molecule has 1 amide bonds. The molecule has 0 bridgehead atoms. The summed E-state index contributed by atoms with van der Waals surface area (Å²) >= 11 is 6.17. The normalized spacial score (nSPS) is 11.4. The second-order valence-corrected chi connectivity index (χ2v) is 7.06. The minimum absolute atomic E-state index is 0.394. The number of ether oxygens (including phenoxy) is 1. The monoisotopic (exact) mass is 327 g/mol. The fourth-order valence-corrected chi connectivity index (χ4v) is 1.98. The van der Waals surface area contributed by atoms with Gasteiger partial charge < -0.3 is 15.8 Å². The first-order chi connectivity index (χ1) is 10.1. The number of carbonyl (C=O) groups is 1. The van der Waals surface area contributed by atoms with Crippen LogP contribution >= 0.6 is 11.6 Å². The summed E-state index contributed by atoms with van der Waals surface area (Å²) in [4.78, 5) is 11.8. The highest BCUT2D eigenvalue weighted by atomic mass is 35.5. The van der Waals surface area contributed by atoms with Gasteiger partial charge in [0, 0.05) is 6.54 Å². The van der Waals surface area contributed by atoms with Gasteiger partial charge in [-0.3, -0.25) is 5.32 Å². The van der Waals surface area contributed by atoms with Crippen molar-refractivity contribution >= 4 is 34.8 Å². The minimum Gasteiger partial charge on any atom is -0.444 e. The van der Waals surface area contributed by atoms with Crippen molar-refractivity contribution < 1.29 is 9.53 Å². The van der Waals surface area contributed by atoms with Crippen LogP contribution in [0.25, 0.3) is 0 Å². The molecule has 1 rings (SSSR count). The Kier molecular flexibility index (Phi) is 6.35. The summed E-state index contributed by atoms with van der Waals surface area (Å²) in [6.45, 7) is 10.5. The fourth-order valence-electron chi connectivity index (χ4n) is 1.74. The molecule has 0 aliphatic heterocycles. The number of nitrogens with one attached hydrogen (secondary N) is 2. The van der Waals surface area contributed by atoms with Crippen molar-refractivity contribution in [1.82, 2.24) is 0 Å². The summed E-state index contributed by atoms with van der Waals surface area (Å²) in [6.07, 6.45) is 0.477. The number of carbonyl (C=O) groups excluding carboxylic acids is 1. The van der Waals surface area contributed by atoms with Gasteiger partial charge in [-0.25, -0.2) is 4.79 Å². The van der Waals surface area contributed by atoms with E-state index in [1.54, 1.807) is 32.9 Å². The van der Waals surface area contributed by atoms with E-state index in [0.29, 0.717) is 22.3 Å². The van der Waals surface area contributed by atoms with Gasteiger partial charge in [-0.05, 0) is 45.2 Å². The molecule has 0 aliphatic carbocycles. The van der Waals surface area contributed by atoms with Crippen LogP contribution in [0.4, 0.5) is 21.9 Å². The van der Waals surface area contributed by atoms with Gasteiger partial charge in [0.15, 0.2) is 0 Å². The van der Waals surface area contributed by atoms with Crippen molar-refractivity contribution in [3.8, 4) is 0 Å². The summed E-state index contributed by atoms with van der Waals surface area (Å²) in [7, 11) is 0. The molecule has 1 aromatic carbocycles. The number of hydrogen-bond donors (Lipinski definition) is 3. The van der Waals surface area contributed by atoms with Crippen LogP contribution in [0, 0.1) is 5.92 Å². The van der Waals surface area contributed by atoms with Gasteiger partial charge in [-0.15, -0.1) is 0 Å². The van der Waals surface area contributed by atoms with Gasteiger partial charge in [0.2, 0.25) is 0 Å². The van der Waals surface area contributed by atoms with Crippen LogP contribution in [0.2, 0.25) is 5.02 Å². The summed E-state index contributed by atoms with van der Waals surface area (Å²) in [5.74, 6) is 0.597. The molecule has 0 aromatic heterocycles. The maximum Gasteiger partial charge on any atom is 0.412 e. The van der Waals surface area contributed by atoms with Crippen LogP contribution in [0.1, 0.15) is 41.0 Å². The third-order valence-corrected chi connectivity index (χ3v) is 3.12. The Hall–Kier alpha value is -1.62. The average molecular weight is 328 g/mol. The van der Waals surface area contributed by atoms with E-state index < -0.39 is 11.7 Å². The molecule has 5 nitrogen and oxygen atoms in total. The second kappa shape index (κ2) is 7.58. The largest absolute Gasteiger partial charge is 0.444 e. The highest BCUT2D eigenvalue weighted by Crippen LogP contribution is 2.31. The Balaban J connectivity index is 2.80. The van der Waals surface area contributed by atoms with E-state index in [1.807, 2.05) is 0 Å². The number of amides is 1. The Labute approximate surface area is 137 Å². The molecule has 0 radical (unpaired) electrons. The van der Waals surface area contributed by atoms with E-state index in [0.717, 1.165) is 18.7 Å². The average Bonchev–Trinajstić information content (AvgIpc) is 2.31. The molecule has 0 saturated heterocycles. The minimum atomic E-state index is -0.566. The molecule has 22 heavy (non-hydrogen) atoms. The van der Waals surface area contributed by atoms with E-state index in [1.165, 1.54) is 0 Å². The van der Waals surface area contributed by atoms with Crippen molar-refractivity contribution in [1.29, 1.82) is 0 Å². The number of nitrogens with two attached hydrogens (primary N) is 1. The summed E-state index contributed by atoms with van der Waals surface area (Å²) in [6, 6.07) is 3.34. The molecule has 1 aromatic rings. The van der Waals surface area contributed by atoms with Crippen LogP contribution in [0.3, 0.4) is 0 Å². The molecule has 0 fully saturated rings. The quantitative estimate of drug-likeness (QED) is 0.683. The van der Waals surface area contributed by atoms with E-state index in [9.17, 15) is 4.79 Å². The van der Waals surface area contributed by atoms with Crippen LogP contribution in [0.5, 0.6) is 0 Å². The van der Waals surface area contributed by atoms with Crippen LogP contribution in [0.15, 0.2) is 12.1 Å². The van der Waals surface area contributed by atoms with Crippen molar-refractivity contribution in [3.05, 3.63) is 17.2 Å². The van der Waals surface area contributed by atoms with Crippen molar-refractivity contribution in [2.45, 2.75) is 46.6 Å². The van der Waals surface area contributed by atoms with E-state index in [-0.39, 0.29) is 0 Å². The number of rotatable bonds is 5. The fraction of sp³-hybridized carbons (Fsp3) is 0.562. The zero-order chi connectivity index (χ0) is 16.9. The Morgan fingerprint density at radius 3 is 2.50 bits per heavy atom. The summed E-state index contributed by atoms with van der Waals surface area (Å²) in [5, 5.41) is 6.43. The van der Waals surface area contributed by atoms with Crippen LogP contribution in [-0.4, -0.2) is 18.2 Å². The van der Waals surface area contributed by atoms with E-state index in [4.69, 9.17) is 22.1 Å². The van der Waals surface area contributed by atoms with Gasteiger partial charge in [-0.1, -0.05) is 25.4 Å². The Morgan fingerprint density at radius 1 is 1.32 bits per heavy atom. The highest BCUT2D eigenvalue weighted by molar-refractivity contribution is 6.33. The smallest absolute Gasteiger partial charge is 0.412 e. The molecule has 0 heterocycles.